The van der Waals surface area contributed by atoms with Crippen LogP contribution in [0.1, 0.15) is 11.8 Å². The molecule has 2 aromatic heterocycles. The molecule has 4 nitrogen and oxygen atoms in total. The monoisotopic (exact) mass is 225 g/mol. The van der Waals surface area contributed by atoms with Crippen molar-refractivity contribution in [1.29, 1.82) is 0 Å². The second-order valence-electron chi connectivity index (χ2n) is 3.29. The standard InChI is InChI=1S/C10H12ClN3O/c1-12-6-7(15)9-10(11)14-5-3-2-4-8(14)13-9/h2-5,7,12,15H,6H2,1H3. The maximum Gasteiger partial charge on any atom is 0.139 e. The lowest BCUT2D eigenvalue weighted by atomic mass is 10.3. The molecule has 0 bridgehead atoms. The summed E-state index contributed by atoms with van der Waals surface area (Å²) in [5, 5.41) is 13.1. The van der Waals surface area contributed by atoms with E-state index in [0.29, 0.717) is 17.4 Å². The molecule has 0 fully saturated rings. The number of imidazole rings is 1. The lowest BCUT2D eigenvalue weighted by Gasteiger charge is -2.06. The lowest BCUT2D eigenvalue weighted by Crippen LogP contribution is -2.17. The van der Waals surface area contributed by atoms with Gasteiger partial charge in [0.25, 0.3) is 0 Å². The summed E-state index contributed by atoms with van der Waals surface area (Å²) in [5.74, 6) is 0. The van der Waals surface area contributed by atoms with Gasteiger partial charge in [0, 0.05) is 12.7 Å². The number of fused-ring (bicyclic) bond motifs is 1. The second kappa shape index (κ2) is 4.18. The summed E-state index contributed by atoms with van der Waals surface area (Å²) in [4.78, 5) is 4.27. The summed E-state index contributed by atoms with van der Waals surface area (Å²) in [6, 6.07) is 5.60. The Morgan fingerprint density at radius 2 is 2.40 bits per heavy atom. The maximum absolute atomic E-state index is 9.78. The van der Waals surface area contributed by atoms with Gasteiger partial charge in [-0.1, -0.05) is 17.7 Å². The first-order valence-corrected chi connectivity index (χ1v) is 5.07. The molecule has 2 N–H and O–H groups in total. The van der Waals surface area contributed by atoms with Crippen molar-refractivity contribution in [3.8, 4) is 0 Å². The van der Waals surface area contributed by atoms with E-state index in [2.05, 4.69) is 10.3 Å². The fourth-order valence-corrected chi connectivity index (χ4v) is 1.80. The molecule has 0 radical (unpaired) electrons. The van der Waals surface area contributed by atoms with Crippen molar-refractivity contribution < 1.29 is 5.11 Å². The van der Waals surface area contributed by atoms with Crippen LogP contribution in [0.5, 0.6) is 0 Å². The number of nitrogens with zero attached hydrogens (tertiary/aromatic N) is 2. The molecule has 0 saturated heterocycles. The van der Waals surface area contributed by atoms with E-state index in [1.165, 1.54) is 0 Å². The third-order valence-corrected chi connectivity index (χ3v) is 2.59. The van der Waals surface area contributed by atoms with E-state index in [9.17, 15) is 5.11 Å². The molecule has 0 saturated carbocycles. The molecule has 0 amide bonds. The molecular formula is C10H12ClN3O. The van der Waals surface area contributed by atoms with Crippen molar-refractivity contribution in [2.75, 3.05) is 13.6 Å². The summed E-state index contributed by atoms with van der Waals surface area (Å²) >= 11 is 6.10. The number of hydrogen-bond donors (Lipinski definition) is 2. The minimum Gasteiger partial charge on any atom is -0.385 e. The molecular weight excluding hydrogens is 214 g/mol. The van der Waals surface area contributed by atoms with Crippen molar-refractivity contribution in [2.24, 2.45) is 0 Å². The van der Waals surface area contributed by atoms with E-state index in [1.807, 2.05) is 24.4 Å². The van der Waals surface area contributed by atoms with Gasteiger partial charge in [-0.2, -0.15) is 0 Å². The maximum atomic E-state index is 9.78. The highest BCUT2D eigenvalue weighted by molar-refractivity contribution is 6.30. The predicted molar refractivity (Wildman–Crippen MR) is 59.1 cm³/mol. The zero-order valence-electron chi connectivity index (χ0n) is 8.31. The Morgan fingerprint density at radius 3 is 3.07 bits per heavy atom. The molecule has 2 heterocycles. The van der Waals surface area contributed by atoms with E-state index in [0.717, 1.165) is 5.65 Å². The van der Waals surface area contributed by atoms with Crippen LogP contribution in [0, 0.1) is 0 Å². The first-order chi connectivity index (χ1) is 7.24. The summed E-state index contributed by atoms with van der Waals surface area (Å²) < 4.78 is 1.75. The van der Waals surface area contributed by atoms with Gasteiger partial charge in [0.15, 0.2) is 0 Å². The molecule has 2 rings (SSSR count). The third kappa shape index (κ3) is 1.84. The second-order valence-corrected chi connectivity index (χ2v) is 3.65. The molecule has 15 heavy (non-hydrogen) atoms. The number of aromatic nitrogens is 2. The van der Waals surface area contributed by atoms with Crippen LogP contribution >= 0.6 is 11.6 Å². The van der Waals surface area contributed by atoms with Gasteiger partial charge in [0.2, 0.25) is 0 Å². The minimum absolute atomic E-state index is 0.434. The molecule has 0 aliphatic rings. The van der Waals surface area contributed by atoms with Crippen molar-refractivity contribution in [2.45, 2.75) is 6.10 Å². The number of hydrogen-bond acceptors (Lipinski definition) is 3. The van der Waals surface area contributed by atoms with E-state index >= 15 is 0 Å². The number of aliphatic hydroxyl groups excluding tert-OH is 1. The third-order valence-electron chi connectivity index (χ3n) is 2.21. The molecule has 5 heteroatoms. The van der Waals surface area contributed by atoms with Gasteiger partial charge >= 0.3 is 0 Å². The SMILES string of the molecule is CNCC(O)c1nc2ccccn2c1Cl. The van der Waals surface area contributed by atoms with Gasteiger partial charge in [0.1, 0.15) is 22.6 Å². The summed E-state index contributed by atoms with van der Waals surface area (Å²) in [6.07, 6.45) is 1.14. The lowest BCUT2D eigenvalue weighted by molar-refractivity contribution is 0.174. The molecule has 1 atom stereocenters. The zero-order chi connectivity index (χ0) is 10.8. The quantitative estimate of drug-likeness (QED) is 0.827. The number of likely N-dealkylation sites (N-methyl/N-ethyl adjacent to an activating group) is 1. The fraction of sp³-hybridized carbons (Fsp3) is 0.300. The molecule has 0 aliphatic heterocycles. The van der Waals surface area contributed by atoms with Gasteiger partial charge in [-0.3, -0.25) is 4.40 Å². The number of aliphatic hydroxyl groups is 1. The first-order valence-electron chi connectivity index (χ1n) is 4.69. The molecule has 2 aromatic rings. The van der Waals surface area contributed by atoms with Crippen LogP contribution in [-0.4, -0.2) is 28.1 Å². The van der Waals surface area contributed by atoms with Crippen LogP contribution in [0.2, 0.25) is 5.15 Å². The topological polar surface area (TPSA) is 49.6 Å². The van der Waals surface area contributed by atoms with Crippen LogP contribution in [0.15, 0.2) is 24.4 Å². The molecule has 1 unspecified atom stereocenters. The Kier molecular flexibility index (Phi) is 2.90. The highest BCUT2D eigenvalue weighted by atomic mass is 35.5. The largest absolute Gasteiger partial charge is 0.385 e. The van der Waals surface area contributed by atoms with Gasteiger partial charge in [-0.15, -0.1) is 0 Å². The summed E-state index contributed by atoms with van der Waals surface area (Å²) in [7, 11) is 1.77. The Hall–Kier alpha value is -1.10. The van der Waals surface area contributed by atoms with Crippen molar-refractivity contribution >= 4 is 17.2 Å². The van der Waals surface area contributed by atoms with Gasteiger partial charge in [-0.25, -0.2) is 4.98 Å². The molecule has 0 spiro atoms. The first kappa shape index (κ1) is 10.4. The number of nitrogens with one attached hydrogen (secondary N) is 1. The molecule has 0 aliphatic carbocycles. The molecule has 0 aromatic carbocycles. The van der Waals surface area contributed by atoms with Crippen LogP contribution in [0.4, 0.5) is 0 Å². The van der Waals surface area contributed by atoms with Crippen LogP contribution in [0.25, 0.3) is 5.65 Å². The average molecular weight is 226 g/mol. The Balaban J connectivity index is 2.48. The van der Waals surface area contributed by atoms with Gasteiger partial charge in [-0.05, 0) is 19.2 Å². The van der Waals surface area contributed by atoms with Crippen molar-refractivity contribution in [3.05, 3.63) is 35.2 Å². The Morgan fingerprint density at radius 1 is 1.60 bits per heavy atom. The van der Waals surface area contributed by atoms with E-state index in [1.54, 1.807) is 11.4 Å². The van der Waals surface area contributed by atoms with Crippen LogP contribution in [0.3, 0.4) is 0 Å². The van der Waals surface area contributed by atoms with Crippen molar-refractivity contribution in [3.63, 3.8) is 0 Å². The van der Waals surface area contributed by atoms with Crippen LogP contribution < -0.4 is 5.32 Å². The van der Waals surface area contributed by atoms with Gasteiger partial charge < -0.3 is 10.4 Å². The highest BCUT2D eigenvalue weighted by Crippen LogP contribution is 2.23. The minimum atomic E-state index is -0.678. The normalized spacial score (nSPS) is 13.3. The summed E-state index contributed by atoms with van der Waals surface area (Å²) in [6.45, 7) is 0.434. The Bertz CT molecular complexity index is 469. The Labute approximate surface area is 92.5 Å². The average Bonchev–Trinajstić information content (AvgIpc) is 2.57. The summed E-state index contributed by atoms with van der Waals surface area (Å²) in [5.41, 5.74) is 1.25. The highest BCUT2D eigenvalue weighted by Gasteiger charge is 2.16. The molecule has 80 valence electrons. The van der Waals surface area contributed by atoms with E-state index in [-0.39, 0.29) is 0 Å². The number of pyridine rings is 1. The van der Waals surface area contributed by atoms with E-state index in [4.69, 9.17) is 11.6 Å². The number of rotatable bonds is 3. The number of halogens is 1. The van der Waals surface area contributed by atoms with Crippen molar-refractivity contribution in [1.82, 2.24) is 14.7 Å². The fourth-order valence-electron chi connectivity index (χ4n) is 1.49. The van der Waals surface area contributed by atoms with Gasteiger partial charge in [0.05, 0.1) is 0 Å². The van der Waals surface area contributed by atoms with Crippen LogP contribution in [-0.2, 0) is 0 Å². The predicted octanol–water partition coefficient (Wildman–Crippen LogP) is 1.24. The zero-order valence-corrected chi connectivity index (χ0v) is 9.07. The van der Waals surface area contributed by atoms with E-state index < -0.39 is 6.10 Å². The smallest absolute Gasteiger partial charge is 0.139 e.